The summed E-state index contributed by atoms with van der Waals surface area (Å²) < 4.78 is 5.39. The fraction of sp³-hybridized carbons (Fsp3) is 0.400. The van der Waals surface area contributed by atoms with Gasteiger partial charge in [0, 0.05) is 24.4 Å². The molecule has 0 aliphatic rings. The monoisotopic (exact) mass is 278 g/mol. The minimum Gasteiger partial charge on any atom is -0.489 e. The smallest absolute Gasteiger partial charge is 0.319 e. The van der Waals surface area contributed by atoms with E-state index in [1.807, 2.05) is 19.1 Å². The highest BCUT2D eigenvalue weighted by Crippen LogP contribution is 2.17. The van der Waals surface area contributed by atoms with Crippen LogP contribution in [0.2, 0.25) is 0 Å². The maximum atomic E-state index is 11.8. The molecule has 0 spiro atoms. The first-order valence-electron chi connectivity index (χ1n) is 6.68. The number of carbonyl (C=O) groups is 1. The number of benzene rings is 1. The van der Waals surface area contributed by atoms with Crippen LogP contribution < -0.4 is 15.4 Å². The summed E-state index contributed by atoms with van der Waals surface area (Å²) in [7, 11) is 0. The maximum Gasteiger partial charge on any atom is 0.319 e. The molecule has 1 aromatic carbocycles. The molecule has 110 valence electrons. The van der Waals surface area contributed by atoms with Crippen LogP contribution in [0.3, 0.4) is 0 Å². The Bertz CT molecular complexity index is 435. The van der Waals surface area contributed by atoms with Crippen LogP contribution >= 0.6 is 0 Å². The van der Waals surface area contributed by atoms with Crippen LogP contribution in [0.1, 0.15) is 19.8 Å². The quantitative estimate of drug-likeness (QED) is 0.640. The predicted molar refractivity (Wildman–Crippen MR) is 80.1 cm³/mol. The van der Waals surface area contributed by atoms with Crippen molar-refractivity contribution in [3.63, 3.8) is 0 Å². The second-order valence-corrected chi connectivity index (χ2v) is 4.49. The third kappa shape index (κ3) is 6.24. The fourth-order valence-corrected chi connectivity index (χ4v) is 1.68. The summed E-state index contributed by atoms with van der Waals surface area (Å²) in [6.07, 6.45) is 3.08. The summed E-state index contributed by atoms with van der Waals surface area (Å²) in [4.78, 5) is 11.8. The zero-order chi connectivity index (χ0) is 14.8. The zero-order valence-corrected chi connectivity index (χ0v) is 11.8. The summed E-state index contributed by atoms with van der Waals surface area (Å²) in [5, 5.41) is 14.3. The van der Waals surface area contributed by atoms with Crippen molar-refractivity contribution in [1.29, 1.82) is 0 Å². The lowest BCUT2D eigenvalue weighted by atomic mass is 10.2. The molecule has 0 heterocycles. The number of carbonyl (C=O) groups excluding carboxylic acids is 1. The molecule has 1 aromatic rings. The van der Waals surface area contributed by atoms with E-state index in [0.717, 1.165) is 6.42 Å². The van der Waals surface area contributed by atoms with Gasteiger partial charge in [0.2, 0.25) is 0 Å². The fourth-order valence-electron chi connectivity index (χ4n) is 1.68. The first-order chi connectivity index (χ1) is 9.65. The number of nitrogens with one attached hydrogen (secondary N) is 2. The number of amides is 2. The summed E-state index contributed by atoms with van der Waals surface area (Å²) >= 11 is 0. The first-order valence-corrected chi connectivity index (χ1v) is 6.68. The number of aliphatic hydroxyl groups is 1. The molecule has 5 nitrogen and oxygen atoms in total. The molecule has 0 fully saturated rings. The van der Waals surface area contributed by atoms with Crippen LogP contribution in [0.15, 0.2) is 36.9 Å². The molecular formula is C15H22N2O3. The van der Waals surface area contributed by atoms with Gasteiger partial charge in [-0.15, -0.1) is 0 Å². The van der Waals surface area contributed by atoms with Gasteiger partial charge in [0.05, 0.1) is 0 Å². The topological polar surface area (TPSA) is 70.6 Å². The van der Waals surface area contributed by atoms with E-state index in [2.05, 4.69) is 17.2 Å². The predicted octanol–water partition coefficient (Wildman–Crippen LogP) is 2.53. The number of aliphatic hydroxyl groups excluding tert-OH is 1. The molecule has 5 heteroatoms. The number of hydrogen-bond donors (Lipinski definition) is 3. The maximum absolute atomic E-state index is 11.8. The largest absolute Gasteiger partial charge is 0.489 e. The minimum atomic E-state index is -0.267. The number of rotatable bonds is 8. The first kappa shape index (κ1) is 16.0. The van der Waals surface area contributed by atoms with Crippen molar-refractivity contribution in [2.75, 3.05) is 18.5 Å². The minimum absolute atomic E-state index is 0.0161. The molecule has 1 unspecified atom stereocenters. The lowest BCUT2D eigenvalue weighted by molar-refractivity contribution is 0.245. The van der Waals surface area contributed by atoms with Gasteiger partial charge >= 0.3 is 6.03 Å². The Morgan fingerprint density at radius 1 is 1.55 bits per heavy atom. The van der Waals surface area contributed by atoms with Crippen LogP contribution in [0.25, 0.3) is 0 Å². The van der Waals surface area contributed by atoms with Crippen molar-refractivity contribution in [1.82, 2.24) is 5.32 Å². The molecule has 0 aliphatic heterocycles. The van der Waals surface area contributed by atoms with E-state index in [9.17, 15) is 4.79 Å². The van der Waals surface area contributed by atoms with Gasteiger partial charge in [-0.1, -0.05) is 18.7 Å². The lowest BCUT2D eigenvalue weighted by Gasteiger charge is -2.14. The lowest BCUT2D eigenvalue weighted by Crippen LogP contribution is -2.36. The molecule has 0 bridgehead atoms. The molecule has 0 aromatic heterocycles. The van der Waals surface area contributed by atoms with E-state index < -0.39 is 0 Å². The van der Waals surface area contributed by atoms with Gasteiger partial charge in [-0.05, 0) is 31.9 Å². The highest BCUT2D eigenvalue weighted by molar-refractivity contribution is 5.89. The summed E-state index contributed by atoms with van der Waals surface area (Å²) in [5.74, 6) is 0.677. The van der Waals surface area contributed by atoms with Gasteiger partial charge in [-0.25, -0.2) is 4.79 Å². The zero-order valence-electron chi connectivity index (χ0n) is 11.8. The van der Waals surface area contributed by atoms with E-state index in [0.29, 0.717) is 24.5 Å². The van der Waals surface area contributed by atoms with Crippen molar-refractivity contribution < 1.29 is 14.6 Å². The van der Waals surface area contributed by atoms with Crippen LogP contribution in [0.4, 0.5) is 10.5 Å². The van der Waals surface area contributed by atoms with Gasteiger partial charge in [-0.3, -0.25) is 0 Å². The summed E-state index contributed by atoms with van der Waals surface area (Å²) in [6.45, 7) is 6.04. The molecule has 2 amide bonds. The Kier molecular flexibility index (Phi) is 7.21. The molecule has 3 N–H and O–H groups in total. The third-order valence-electron chi connectivity index (χ3n) is 2.63. The van der Waals surface area contributed by atoms with Crippen LogP contribution in [-0.2, 0) is 0 Å². The Morgan fingerprint density at radius 2 is 2.35 bits per heavy atom. The standard InChI is InChI=1S/C15H22N2O3/c1-3-10-20-14-8-4-7-13(11-14)17-15(19)16-12(2)6-5-9-18/h3-4,7-8,11-12,18H,1,5-6,9-10H2,2H3,(H2,16,17,19). The molecule has 0 saturated heterocycles. The Morgan fingerprint density at radius 3 is 3.05 bits per heavy atom. The molecule has 1 atom stereocenters. The number of urea groups is 1. The Labute approximate surface area is 119 Å². The van der Waals surface area contributed by atoms with Crippen molar-refractivity contribution in [2.24, 2.45) is 0 Å². The van der Waals surface area contributed by atoms with Crippen molar-refractivity contribution in [3.05, 3.63) is 36.9 Å². The van der Waals surface area contributed by atoms with E-state index in [4.69, 9.17) is 9.84 Å². The van der Waals surface area contributed by atoms with Gasteiger partial charge < -0.3 is 20.5 Å². The van der Waals surface area contributed by atoms with E-state index in [1.165, 1.54) is 0 Å². The highest BCUT2D eigenvalue weighted by atomic mass is 16.5. The van der Waals surface area contributed by atoms with E-state index >= 15 is 0 Å². The highest BCUT2D eigenvalue weighted by Gasteiger charge is 2.07. The number of ether oxygens (including phenoxy) is 1. The Hall–Kier alpha value is -2.01. The normalized spacial score (nSPS) is 11.5. The Balaban J connectivity index is 2.46. The molecular weight excluding hydrogens is 256 g/mol. The summed E-state index contributed by atoms with van der Waals surface area (Å²) in [5.41, 5.74) is 0.665. The van der Waals surface area contributed by atoms with Gasteiger partial charge in [0.1, 0.15) is 12.4 Å². The third-order valence-corrected chi connectivity index (χ3v) is 2.63. The van der Waals surface area contributed by atoms with Gasteiger partial charge in [-0.2, -0.15) is 0 Å². The SMILES string of the molecule is C=CCOc1cccc(NC(=O)NC(C)CCCO)c1. The van der Waals surface area contributed by atoms with Crippen LogP contribution in [0.5, 0.6) is 5.75 Å². The molecule has 0 aliphatic carbocycles. The number of anilines is 1. The van der Waals surface area contributed by atoms with Gasteiger partial charge in [0.25, 0.3) is 0 Å². The van der Waals surface area contributed by atoms with Crippen LogP contribution in [-0.4, -0.2) is 30.4 Å². The molecule has 20 heavy (non-hydrogen) atoms. The molecule has 0 saturated carbocycles. The second kappa shape index (κ2) is 8.98. The average molecular weight is 278 g/mol. The van der Waals surface area contributed by atoms with E-state index in [-0.39, 0.29) is 18.7 Å². The van der Waals surface area contributed by atoms with Crippen molar-refractivity contribution in [2.45, 2.75) is 25.8 Å². The average Bonchev–Trinajstić information content (AvgIpc) is 2.43. The van der Waals surface area contributed by atoms with Crippen LogP contribution in [0, 0.1) is 0 Å². The second-order valence-electron chi connectivity index (χ2n) is 4.49. The number of hydrogen-bond acceptors (Lipinski definition) is 3. The van der Waals surface area contributed by atoms with Gasteiger partial charge in [0.15, 0.2) is 0 Å². The van der Waals surface area contributed by atoms with Crippen molar-refractivity contribution in [3.8, 4) is 5.75 Å². The van der Waals surface area contributed by atoms with E-state index in [1.54, 1.807) is 18.2 Å². The summed E-state index contributed by atoms with van der Waals surface area (Å²) in [6, 6.07) is 6.92. The molecule has 0 radical (unpaired) electrons. The molecule has 1 rings (SSSR count). The van der Waals surface area contributed by atoms with Crippen molar-refractivity contribution >= 4 is 11.7 Å².